The van der Waals surface area contributed by atoms with Crippen molar-refractivity contribution in [3.05, 3.63) is 41.0 Å². The lowest BCUT2D eigenvalue weighted by atomic mass is 10.1. The van der Waals surface area contributed by atoms with Crippen LogP contribution in [-0.2, 0) is 19.1 Å². The number of benzene rings is 1. The number of esters is 2. The van der Waals surface area contributed by atoms with E-state index in [4.69, 9.17) is 14.6 Å². The second-order valence-corrected chi connectivity index (χ2v) is 4.66. The smallest absolute Gasteiger partial charge is 0.348 e. The van der Waals surface area contributed by atoms with Crippen LogP contribution in [0, 0.1) is 0 Å². The molecule has 6 heteroatoms. The molecule has 20 heavy (non-hydrogen) atoms. The van der Waals surface area contributed by atoms with E-state index in [2.05, 4.69) is 0 Å². The van der Waals surface area contributed by atoms with Gasteiger partial charge in [0.1, 0.15) is 5.57 Å². The summed E-state index contributed by atoms with van der Waals surface area (Å²) >= 11 is 0. The highest BCUT2D eigenvalue weighted by atomic mass is 16.7. The van der Waals surface area contributed by atoms with Crippen molar-refractivity contribution >= 4 is 24.0 Å². The second-order valence-electron chi connectivity index (χ2n) is 4.66. The van der Waals surface area contributed by atoms with Gasteiger partial charge in [-0.2, -0.15) is 0 Å². The molecule has 1 aliphatic heterocycles. The van der Waals surface area contributed by atoms with Crippen molar-refractivity contribution in [1.29, 1.82) is 0 Å². The van der Waals surface area contributed by atoms with Gasteiger partial charge < -0.3 is 14.6 Å². The first-order chi connectivity index (χ1) is 9.28. The molecule has 0 radical (unpaired) electrons. The summed E-state index contributed by atoms with van der Waals surface area (Å²) in [5.41, 5.74) is 0.382. The van der Waals surface area contributed by atoms with Gasteiger partial charge in [-0.1, -0.05) is 12.1 Å². The molecule has 0 unspecified atom stereocenters. The van der Waals surface area contributed by atoms with E-state index in [0.29, 0.717) is 5.56 Å². The summed E-state index contributed by atoms with van der Waals surface area (Å²) < 4.78 is 9.89. The fourth-order valence-electron chi connectivity index (χ4n) is 1.67. The number of hydrogen-bond donors (Lipinski definition) is 1. The van der Waals surface area contributed by atoms with Crippen molar-refractivity contribution in [3.8, 4) is 0 Å². The fraction of sp³-hybridized carbons (Fsp3) is 0.214. The molecule has 6 nitrogen and oxygen atoms in total. The zero-order valence-electron chi connectivity index (χ0n) is 10.9. The molecule has 0 aromatic heterocycles. The van der Waals surface area contributed by atoms with Crippen LogP contribution in [0.1, 0.15) is 29.8 Å². The van der Waals surface area contributed by atoms with Gasteiger partial charge in [0, 0.05) is 13.8 Å². The number of carboxylic acid groups (broad SMARTS) is 1. The quantitative estimate of drug-likeness (QED) is 0.501. The molecule has 1 fully saturated rings. The highest BCUT2D eigenvalue weighted by Gasteiger charge is 2.38. The number of carbonyl (C=O) groups excluding carboxylic acids is 2. The molecular weight excluding hydrogens is 264 g/mol. The average Bonchev–Trinajstić information content (AvgIpc) is 2.33. The summed E-state index contributed by atoms with van der Waals surface area (Å²) in [4.78, 5) is 34.1. The fourth-order valence-corrected chi connectivity index (χ4v) is 1.67. The van der Waals surface area contributed by atoms with Crippen molar-refractivity contribution in [2.24, 2.45) is 0 Å². The predicted molar refractivity (Wildman–Crippen MR) is 67.6 cm³/mol. The first kappa shape index (κ1) is 13.8. The van der Waals surface area contributed by atoms with Crippen LogP contribution in [0.15, 0.2) is 29.8 Å². The molecule has 0 amide bonds. The predicted octanol–water partition coefficient (Wildman–Crippen LogP) is 1.60. The molecule has 0 aliphatic carbocycles. The standard InChI is InChI=1S/C14H12O6/c1-14(2)19-12(17)10(13(18)20-14)7-8-3-5-9(6-4-8)11(15)16/h3-7H,1-2H3,(H,15,16). The Bertz CT molecular complexity index is 587. The lowest BCUT2D eigenvalue weighted by Gasteiger charge is -2.29. The van der Waals surface area contributed by atoms with Gasteiger partial charge in [-0.15, -0.1) is 0 Å². The summed E-state index contributed by atoms with van der Waals surface area (Å²) in [5, 5.41) is 8.78. The van der Waals surface area contributed by atoms with Crippen LogP contribution >= 0.6 is 0 Å². The van der Waals surface area contributed by atoms with E-state index in [1.807, 2.05) is 0 Å². The third kappa shape index (κ3) is 2.85. The van der Waals surface area contributed by atoms with Gasteiger partial charge >= 0.3 is 17.9 Å². The molecule has 0 bridgehead atoms. The molecule has 1 aliphatic rings. The lowest BCUT2D eigenvalue weighted by molar-refractivity contribution is -0.222. The Morgan fingerprint density at radius 2 is 1.60 bits per heavy atom. The number of aromatic carboxylic acids is 1. The molecule has 104 valence electrons. The first-order valence-corrected chi connectivity index (χ1v) is 5.80. The number of carbonyl (C=O) groups is 3. The van der Waals surface area contributed by atoms with E-state index in [9.17, 15) is 14.4 Å². The normalized spacial score (nSPS) is 17.2. The number of hydrogen-bond acceptors (Lipinski definition) is 5. The maximum atomic E-state index is 11.7. The van der Waals surface area contributed by atoms with Crippen LogP contribution in [0.25, 0.3) is 6.08 Å². The van der Waals surface area contributed by atoms with E-state index >= 15 is 0 Å². The van der Waals surface area contributed by atoms with Gasteiger partial charge in [-0.25, -0.2) is 14.4 Å². The Morgan fingerprint density at radius 3 is 2.05 bits per heavy atom. The van der Waals surface area contributed by atoms with E-state index < -0.39 is 23.7 Å². The minimum Gasteiger partial charge on any atom is -0.478 e. The Morgan fingerprint density at radius 1 is 1.10 bits per heavy atom. The highest BCUT2D eigenvalue weighted by molar-refractivity contribution is 6.18. The summed E-state index contributed by atoms with van der Waals surface area (Å²) in [7, 11) is 0. The van der Waals surface area contributed by atoms with E-state index in [-0.39, 0.29) is 11.1 Å². The molecule has 1 heterocycles. The molecule has 0 spiro atoms. The monoisotopic (exact) mass is 276 g/mol. The topological polar surface area (TPSA) is 89.9 Å². The number of cyclic esters (lactones) is 2. The van der Waals surface area contributed by atoms with Crippen LogP contribution in [0.3, 0.4) is 0 Å². The number of rotatable bonds is 2. The third-order valence-corrected chi connectivity index (χ3v) is 2.59. The van der Waals surface area contributed by atoms with Crippen LogP contribution < -0.4 is 0 Å². The van der Waals surface area contributed by atoms with Gasteiger partial charge in [0.15, 0.2) is 0 Å². The van der Waals surface area contributed by atoms with Crippen molar-refractivity contribution in [2.75, 3.05) is 0 Å². The zero-order chi connectivity index (χ0) is 14.9. The Labute approximate surface area is 114 Å². The molecule has 0 saturated carbocycles. The van der Waals surface area contributed by atoms with Gasteiger partial charge in [-0.05, 0) is 23.8 Å². The van der Waals surface area contributed by atoms with Crippen molar-refractivity contribution < 1.29 is 29.0 Å². The Hall–Kier alpha value is -2.63. The van der Waals surface area contributed by atoms with Gasteiger partial charge in [0.2, 0.25) is 0 Å². The molecule has 1 saturated heterocycles. The summed E-state index contributed by atoms with van der Waals surface area (Å²) in [6.07, 6.45) is 1.30. The minimum absolute atomic E-state index is 0.113. The molecule has 0 atom stereocenters. The second kappa shape index (κ2) is 4.80. The highest BCUT2D eigenvalue weighted by Crippen LogP contribution is 2.24. The maximum Gasteiger partial charge on any atom is 0.348 e. The third-order valence-electron chi connectivity index (χ3n) is 2.59. The minimum atomic E-state index is -1.28. The summed E-state index contributed by atoms with van der Waals surface area (Å²) in [6.45, 7) is 2.92. The Kier molecular flexibility index (Phi) is 3.31. The van der Waals surface area contributed by atoms with Crippen LogP contribution in [-0.4, -0.2) is 28.8 Å². The molecule has 2 rings (SSSR count). The molecular formula is C14H12O6. The molecule has 1 N–H and O–H groups in total. The maximum absolute atomic E-state index is 11.7. The largest absolute Gasteiger partial charge is 0.478 e. The van der Waals surface area contributed by atoms with Gasteiger partial charge in [0.05, 0.1) is 5.56 Å². The van der Waals surface area contributed by atoms with Crippen molar-refractivity contribution in [1.82, 2.24) is 0 Å². The summed E-state index contributed by atoms with van der Waals surface area (Å²) in [6, 6.07) is 5.71. The average molecular weight is 276 g/mol. The van der Waals surface area contributed by atoms with E-state index in [1.165, 1.54) is 44.2 Å². The molecule has 1 aromatic carbocycles. The summed E-state index contributed by atoms with van der Waals surface area (Å²) in [5.74, 6) is -3.87. The first-order valence-electron chi connectivity index (χ1n) is 5.80. The zero-order valence-corrected chi connectivity index (χ0v) is 10.9. The Balaban J connectivity index is 2.28. The number of ether oxygens (including phenoxy) is 2. The van der Waals surface area contributed by atoms with Crippen LogP contribution in [0.2, 0.25) is 0 Å². The SMILES string of the molecule is CC1(C)OC(=O)C(=Cc2ccc(C(=O)O)cc2)C(=O)O1. The van der Waals surface area contributed by atoms with Crippen LogP contribution in [0.5, 0.6) is 0 Å². The van der Waals surface area contributed by atoms with Gasteiger partial charge in [-0.3, -0.25) is 0 Å². The van der Waals surface area contributed by atoms with Crippen LogP contribution in [0.4, 0.5) is 0 Å². The molecule has 1 aromatic rings. The van der Waals surface area contributed by atoms with Crippen molar-refractivity contribution in [2.45, 2.75) is 19.6 Å². The van der Waals surface area contributed by atoms with E-state index in [1.54, 1.807) is 0 Å². The van der Waals surface area contributed by atoms with Gasteiger partial charge in [0.25, 0.3) is 5.79 Å². The van der Waals surface area contributed by atoms with Crippen molar-refractivity contribution in [3.63, 3.8) is 0 Å². The number of carboxylic acids is 1. The lowest BCUT2D eigenvalue weighted by Crippen LogP contribution is -2.41. The van der Waals surface area contributed by atoms with E-state index in [0.717, 1.165) is 0 Å².